The van der Waals surface area contributed by atoms with E-state index in [9.17, 15) is 37.9 Å². The second kappa shape index (κ2) is 29.6. The summed E-state index contributed by atoms with van der Waals surface area (Å²) in [5.74, 6) is -0.499. The first-order valence-corrected chi connectivity index (χ1v) is 32.9. The van der Waals surface area contributed by atoms with E-state index >= 15 is 0 Å². The number of nitrogens with zero attached hydrogens (tertiary/aromatic N) is 13. The van der Waals surface area contributed by atoms with Crippen LogP contribution in [0, 0.1) is 13.8 Å². The second-order valence-electron chi connectivity index (χ2n) is 20.2. The standard InChI is InChI=1S/C27H30N7O6P.C24H23N7O4.C4H8.C3H8ClO2P/c1-18-29-16-34(30-18)25-23-22(21(39-2)14-28-25)20(15-33(23)17-40-41(3,4)38)24(35)27(37)32-12-10-31(11-13-32)26(36)19-8-6-5-7-9-19;1-15-27-14-31(28-15)22-20-19(18(35-2)13-26-22)17(12-25-20)21(32)24(34)30-10-8-29(9-11-30)23(33)16-6-4-3-5-7-16;1-3-4-2;1-7(2,5)6-3-4/h5-9,14-16H,10-13,17H2,1-4H3;3-7,12-14,25H,8-11H2,1-2H3;3H,1,4H2,2H3;3H2,1-2H3. The third-order valence-electron chi connectivity index (χ3n) is 13.4. The van der Waals surface area contributed by atoms with Crippen LogP contribution in [0.4, 0.5) is 0 Å². The smallest absolute Gasteiger partial charge is 0.295 e. The number of halogens is 1. The van der Waals surface area contributed by atoms with Crippen molar-refractivity contribution >= 4 is 83.3 Å². The molecule has 2 saturated heterocycles. The summed E-state index contributed by atoms with van der Waals surface area (Å²) in [5.41, 5.74) is 2.34. The number of aromatic amines is 1. The summed E-state index contributed by atoms with van der Waals surface area (Å²) < 4.78 is 48.5. The minimum atomic E-state index is -2.90. The first-order valence-electron chi connectivity index (χ1n) is 27.3. The molecule has 2 aliphatic rings. The summed E-state index contributed by atoms with van der Waals surface area (Å²) in [6, 6.07) is 17.9. The van der Waals surface area contributed by atoms with Crippen molar-refractivity contribution in [3.8, 4) is 23.1 Å². The topological polar surface area (TPSA) is 294 Å². The fourth-order valence-corrected chi connectivity index (χ4v) is 10.3. The number of ketones is 2. The zero-order valence-corrected chi connectivity index (χ0v) is 52.3. The molecule has 1 N–H and O–H groups in total. The highest BCUT2D eigenvalue weighted by molar-refractivity contribution is 7.57. The summed E-state index contributed by atoms with van der Waals surface area (Å²) >= 11 is 5.09. The number of carbonyl (C=O) groups is 6. The van der Waals surface area contributed by atoms with Gasteiger partial charge in [0, 0.05) is 103 Å². The number of carbonyl (C=O) groups excluding carboxylic acids is 6. The van der Waals surface area contributed by atoms with Gasteiger partial charge in [-0.2, -0.15) is 10.2 Å². The Hall–Kier alpha value is -8.67. The van der Waals surface area contributed by atoms with Crippen molar-refractivity contribution in [2.45, 2.75) is 33.9 Å². The van der Waals surface area contributed by atoms with Crippen LogP contribution in [-0.2, 0) is 34.5 Å². The molecular formula is C58H69ClN14O12P2. The number of alkyl halides is 1. The number of nitrogens with one attached hydrogen (secondary N) is 1. The highest BCUT2D eigenvalue weighted by Gasteiger charge is 2.34. The van der Waals surface area contributed by atoms with Crippen molar-refractivity contribution in [3.05, 3.63) is 145 Å². The van der Waals surface area contributed by atoms with E-state index in [2.05, 4.69) is 53.1 Å². The van der Waals surface area contributed by atoms with E-state index in [0.717, 1.165) is 6.42 Å². The Morgan fingerprint density at radius 2 is 1.05 bits per heavy atom. The lowest BCUT2D eigenvalue weighted by Gasteiger charge is -2.34. The Balaban J connectivity index is 0.000000214. The van der Waals surface area contributed by atoms with Crippen molar-refractivity contribution in [2.75, 3.05) is 99.3 Å². The number of Topliss-reactive ketones (excluding diaryl/α,β-unsaturated/α-hetero) is 2. The maximum atomic E-state index is 13.7. The number of aryl methyl sites for hydroxylation is 2. The highest BCUT2D eigenvalue weighted by Crippen LogP contribution is 2.40. The van der Waals surface area contributed by atoms with Gasteiger partial charge < -0.3 is 47.7 Å². The van der Waals surface area contributed by atoms with Gasteiger partial charge in [0.1, 0.15) is 54.1 Å². The van der Waals surface area contributed by atoms with Gasteiger partial charge in [-0.05, 0) is 44.5 Å². The van der Waals surface area contributed by atoms with Gasteiger partial charge >= 0.3 is 0 Å². The Kier molecular flexibility index (Phi) is 22.4. The van der Waals surface area contributed by atoms with Crippen molar-refractivity contribution < 1.29 is 56.4 Å². The number of rotatable bonds is 16. The van der Waals surface area contributed by atoms with Crippen LogP contribution in [0.1, 0.15) is 66.4 Å². The molecule has 0 aliphatic carbocycles. The van der Waals surface area contributed by atoms with E-state index in [1.165, 1.54) is 97.5 Å². The largest absolute Gasteiger partial charge is 0.494 e. The lowest BCUT2D eigenvalue weighted by Crippen LogP contribution is -2.52. The third kappa shape index (κ3) is 16.4. The number of H-pyrrole nitrogens is 1. The number of allylic oxidation sites excluding steroid dienone is 1. The molecule has 0 saturated carbocycles. The SMILES string of the molecule is C=CCC.COc1cnc(-n2cnc(C)n2)c2[nH]cc(C(=O)C(=O)N3CCN(C(=O)c4ccccc4)CC3)c12.COc1cnc(-n2cnc(C)n2)c2c1c(C(=O)C(=O)N1CCN(C(=O)c3ccccc3)CC1)cn2COP(C)(C)=O.CP(C)(=O)OCCl. The molecule has 4 amide bonds. The van der Waals surface area contributed by atoms with Crippen LogP contribution in [0.5, 0.6) is 11.5 Å². The molecular weight excluding hydrogens is 1180 g/mol. The van der Waals surface area contributed by atoms with Crippen LogP contribution >= 0.6 is 26.3 Å². The lowest BCUT2D eigenvalue weighted by atomic mass is 10.1. The summed E-state index contributed by atoms with van der Waals surface area (Å²) in [6.07, 6.45) is 11.9. The number of pyridine rings is 2. The summed E-state index contributed by atoms with van der Waals surface area (Å²) in [7, 11) is -2.29. The molecule has 2 aliphatic heterocycles. The zero-order chi connectivity index (χ0) is 63.2. The van der Waals surface area contributed by atoms with Crippen molar-refractivity contribution in [1.29, 1.82) is 0 Å². The minimum Gasteiger partial charge on any atom is -0.494 e. The van der Waals surface area contributed by atoms with E-state index in [0.29, 0.717) is 88.1 Å². The number of piperazine rings is 2. The summed E-state index contributed by atoms with van der Waals surface area (Å²) in [6.45, 7) is 17.1. The molecule has 0 bridgehead atoms. The summed E-state index contributed by atoms with van der Waals surface area (Å²) in [4.78, 5) is 106. The highest BCUT2D eigenvalue weighted by atomic mass is 35.5. The van der Waals surface area contributed by atoms with Crippen molar-refractivity contribution in [3.63, 3.8) is 0 Å². The predicted molar refractivity (Wildman–Crippen MR) is 327 cm³/mol. The van der Waals surface area contributed by atoms with E-state index in [1.807, 2.05) is 30.3 Å². The van der Waals surface area contributed by atoms with Crippen LogP contribution in [0.15, 0.2) is 111 Å². The second-order valence-corrected chi connectivity index (χ2v) is 26.0. The maximum absolute atomic E-state index is 13.7. The first-order chi connectivity index (χ1) is 41.5. The molecule has 2 aromatic carbocycles. The Labute approximate surface area is 507 Å². The van der Waals surface area contributed by atoms with Crippen LogP contribution in [0.25, 0.3) is 33.4 Å². The molecule has 0 radical (unpaired) electrons. The molecule has 8 aromatic rings. The number of hydrogen-bond donors (Lipinski definition) is 1. The quantitative estimate of drug-likeness (QED) is 0.0321. The van der Waals surface area contributed by atoms with Gasteiger partial charge in [-0.1, -0.05) is 61.0 Å². The Morgan fingerprint density at radius 3 is 1.45 bits per heavy atom. The van der Waals surface area contributed by atoms with Crippen LogP contribution in [0.2, 0.25) is 0 Å². The van der Waals surface area contributed by atoms with Crippen LogP contribution in [0.3, 0.4) is 0 Å². The Morgan fingerprint density at radius 1 is 0.621 bits per heavy atom. The normalized spacial score (nSPS) is 13.4. The number of aromatic nitrogens is 10. The van der Waals surface area contributed by atoms with Gasteiger partial charge in [-0.3, -0.25) is 37.9 Å². The van der Waals surface area contributed by atoms with Gasteiger partial charge in [0.15, 0.2) is 26.4 Å². The van der Waals surface area contributed by atoms with E-state index in [-0.39, 0.29) is 67.7 Å². The van der Waals surface area contributed by atoms with Gasteiger partial charge in [-0.25, -0.2) is 29.3 Å². The molecule has 26 nitrogen and oxygen atoms in total. The fourth-order valence-electron chi connectivity index (χ4n) is 8.98. The van der Waals surface area contributed by atoms with Gasteiger partial charge in [0.25, 0.3) is 35.2 Å². The third-order valence-corrected chi connectivity index (χ3v) is 15.1. The van der Waals surface area contributed by atoms with Crippen molar-refractivity contribution in [1.82, 2.24) is 68.6 Å². The van der Waals surface area contributed by atoms with Gasteiger partial charge in [0.2, 0.25) is 0 Å². The molecule has 10 rings (SSSR count). The number of fused-ring (bicyclic) bond motifs is 2. The zero-order valence-electron chi connectivity index (χ0n) is 49.8. The first kappa shape index (κ1) is 65.9. The average Bonchev–Trinajstić information content (AvgIpc) is 1.67. The van der Waals surface area contributed by atoms with Crippen LogP contribution in [-0.4, -0.2) is 203 Å². The molecule has 460 valence electrons. The molecule has 6 aromatic heterocycles. The molecule has 0 atom stereocenters. The van der Waals surface area contributed by atoms with E-state index in [4.69, 9.17) is 25.6 Å². The van der Waals surface area contributed by atoms with E-state index in [1.54, 1.807) is 64.6 Å². The van der Waals surface area contributed by atoms with E-state index < -0.39 is 38.1 Å². The monoisotopic (exact) mass is 1250 g/mol. The maximum Gasteiger partial charge on any atom is 0.295 e. The lowest BCUT2D eigenvalue weighted by molar-refractivity contribution is -0.128. The van der Waals surface area contributed by atoms with Gasteiger partial charge in [-0.15, -0.1) is 6.58 Å². The fraction of sp³-hybridized carbons (Fsp3) is 0.345. The van der Waals surface area contributed by atoms with Gasteiger partial charge in [0.05, 0.1) is 54.0 Å². The number of methoxy groups -OCH3 is 2. The molecule has 8 heterocycles. The summed E-state index contributed by atoms with van der Waals surface area (Å²) in [5, 5.41) is 9.41. The molecule has 0 spiro atoms. The number of ether oxygens (including phenoxy) is 2. The molecule has 29 heteroatoms. The Bertz CT molecular complexity index is 3860. The average molecular weight is 1250 g/mol. The van der Waals surface area contributed by atoms with Crippen molar-refractivity contribution in [2.24, 2.45) is 0 Å². The molecule has 87 heavy (non-hydrogen) atoms. The number of amides is 4. The van der Waals surface area contributed by atoms with Crippen LogP contribution < -0.4 is 9.47 Å². The number of hydrogen-bond acceptors (Lipinski definition) is 18. The molecule has 2 fully saturated rings. The molecule has 0 unspecified atom stereocenters. The minimum absolute atomic E-state index is 0.0181. The predicted octanol–water partition coefficient (Wildman–Crippen LogP) is 7.56. The number of benzene rings is 2.